The lowest BCUT2D eigenvalue weighted by atomic mass is 9.86. The summed E-state index contributed by atoms with van der Waals surface area (Å²) in [6.07, 6.45) is 4.19. The van der Waals surface area contributed by atoms with Crippen molar-refractivity contribution < 1.29 is 14.7 Å². The number of aliphatic hydroxyl groups excluding tert-OH is 1. The van der Waals surface area contributed by atoms with Gasteiger partial charge < -0.3 is 15.3 Å². The molecule has 0 spiro atoms. The van der Waals surface area contributed by atoms with E-state index in [4.69, 9.17) is 5.11 Å². The van der Waals surface area contributed by atoms with Gasteiger partial charge in [0.2, 0.25) is 11.8 Å². The number of likely N-dealkylation sites (tertiary alicyclic amines) is 1. The Labute approximate surface area is 114 Å². The first kappa shape index (κ1) is 14.3. The first-order valence-corrected chi connectivity index (χ1v) is 7.33. The lowest BCUT2D eigenvalue weighted by Crippen LogP contribution is -2.42. The fourth-order valence-electron chi connectivity index (χ4n) is 3.06. The normalized spacial score (nSPS) is 31.6. The molecule has 0 aromatic rings. The number of carbonyl (C=O) groups is 2. The average molecular weight is 268 g/mol. The summed E-state index contributed by atoms with van der Waals surface area (Å²) >= 11 is 0. The van der Waals surface area contributed by atoms with Crippen LogP contribution in [0.1, 0.15) is 39.0 Å². The molecular formula is C14H24N2O3. The summed E-state index contributed by atoms with van der Waals surface area (Å²) in [6.45, 7) is 3.44. The molecule has 2 amide bonds. The summed E-state index contributed by atoms with van der Waals surface area (Å²) in [7, 11) is 0. The van der Waals surface area contributed by atoms with Crippen molar-refractivity contribution in [2.45, 2.75) is 45.1 Å². The van der Waals surface area contributed by atoms with Crippen LogP contribution in [0.15, 0.2) is 0 Å². The van der Waals surface area contributed by atoms with Crippen LogP contribution in [-0.4, -0.2) is 47.6 Å². The Balaban J connectivity index is 1.78. The van der Waals surface area contributed by atoms with Crippen molar-refractivity contribution >= 4 is 11.8 Å². The molecule has 1 saturated heterocycles. The number of amides is 2. The van der Waals surface area contributed by atoms with E-state index in [-0.39, 0.29) is 30.4 Å². The monoisotopic (exact) mass is 268 g/mol. The van der Waals surface area contributed by atoms with E-state index in [0.29, 0.717) is 25.4 Å². The standard InChI is InChI=1S/C14H24N2O3/c1-2-16-8-11(7-13(16)18)14(19)15-12-5-3-10(9-17)4-6-12/h10-12,17H,2-9H2,1H3,(H,15,19). The van der Waals surface area contributed by atoms with Gasteiger partial charge in [-0.05, 0) is 38.5 Å². The molecule has 5 heteroatoms. The predicted octanol–water partition coefficient (Wildman–Crippen LogP) is 0.522. The Morgan fingerprint density at radius 1 is 1.37 bits per heavy atom. The molecule has 1 heterocycles. The quantitative estimate of drug-likeness (QED) is 0.781. The van der Waals surface area contributed by atoms with E-state index in [1.165, 1.54) is 0 Å². The van der Waals surface area contributed by atoms with Gasteiger partial charge in [0.15, 0.2) is 0 Å². The van der Waals surface area contributed by atoms with Gasteiger partial charge in [0.05, 0.1) is 5.92 Å². The van der Waals surface area contributed by atoms with Gasteiger partial charge in [-0.2, -0.15) is 0 Å². The molecule has 1 aliphatic heterocycles. The van der Waals surface area contributed by atoms with Crippen molar-refractivity contribution in [2.75, 3.05) is 19.7 Å². The molecule has 0 bridgehead atoms. The maximum Gasteiger partial charge on any atom is 0.225 e. The van der Waals surface area contributed by atoms with Gasteiger partial charge in [-0.15, -0.1) is 0 Å². The van der Waals surface area contributed by atoms with E-state index in [0.717, 1.165) is 25.7 Å². The van der Waals surface area contributed by atoms with Gasteiger partial charge >= 0.3 is 0 Å². The summed E-state index contributed by atoms with van der Waals surface area (Å²) in [6, 6.07) is 0.223. The van der Waals surface area contributed by atoms with Gasteiger partial charge in [-0.1, -0.05) is 0 Å². The second-order valence-corrected chi connectivity index (χ2v) is 5.74. The molecule has 2 fully saturated rings. The molecule has 2 aliphatic rings. The van der Waals surface area contributed by atoms with E-state index < -0.39 is 0 Å². The minimum atomic E-state index is -0.178. The molecule has 1 saturated carbocycles. The minimum Gasteiger partial charge on any atom is -0.396 e. The van der Waals surface area contributed by atoms with E-state index in [1.807, 2.05) is 6.92 Å². The largest absolute Gasteiger partial charge is 0.396 e. The zero-order valence-electron chi connectivity index (χ0n) is 11.6. The Morgan fingerprint density at radius 3 is 2.58 bits per heavy atom. The fourth-order valence-corrected chi connectivity index (χ4v) is 3.06. The molecule has 1 atom stereocenters. The third-order valence-corrected chi connectivity index (χ3v) is 4.42. The van der Waals surface area contributed by atoms with Gasteiger partial charge in [-0.3, -0.25) is 9.59 Å². The zero-order valence-corrected chi connectivity index (χ0v) is 11.6. The number of carbonyl (C=O) groups excluding carboxylic acids is 2. The Bertz CT molecular complexity index is 338. The summed E-state index contributed by atoms with van der Waals surface area (Å²) < 4.78 is 0. The molecule has 1 unspecified atom stereocenters. The van der Waals surface area contributed by atoms with Crippen molar-refractivity contribution in [3.8, 4) is 0 Å². The second kappa shape index (κ2) is 6.37. The maximum atomic E-state index is 12.1. The summed E-state index contributed by atoms with van der Waals surface area (Å²) in [5.41, 5.74) is 0. The van der Waals surface area contributed by atoms with Crippen LogP contribution in [0, 0.1) is 11.8 Å². The zero-order chi connectivity index (χ0) is 13.8. The van der Waals surface area contributed by atoms with Crippen molar-refractivity contribution in [3.63, 3.8) is 0 Å². The van der Waals surface area contributed by atoms with Crippen LogP contribution < -0.4 is 5.32 Å². The molecule has 0 radical (unpaired) electrons. The average Bonchev–Trinajstić information content (AvgIpc) is 2.81. The van der Waals surface area contributed by atoms with Crippen LogP contribution in [0.4, 0.5) is 0 Å². The number of nitrogens with one attached hydrogen (secondary N) is 1. The van der Waals surface area contributed by atoms with E-state index in [1.54, 1.807) is 4.90 Å². The molecule has 5 nitrogen and oxygen atoms in total. The predicted molar refractivity (Wildman–Crippen MR) is 71.3 cm³/mol. The molecule has 2 N–H and O–H groups in total. The fraction of sp³-hybridized carbons (Fsp3) is 0.857. The third kappa shape index (κ3) is 3.47. The maximum absolute atomic E-state index is 12.1. The van der Waals surface area contributed by atoms with E-state index in [2.05, 4.69) is 5.32 Å². The van der Waals surface area contributed by atoms with Crippen molar-refractivity contribution in [1.82, 2.24) is 10.2 Å². The van der Waals surface area contributed by atoms with Crippen molar-refractivity contribution in [1.29, 1.82) is 0 Å². The second-order valence-electron chi connectivity index (χ2n) is 5.74. The van der Waals surface area contributed by atoms with Gasteiger partial charge in [0, 0.05) is 32.2 Å². The molecule has 1 aliphatic carbocycles. The molecule has 0 aromatic heterocycles. The molecule has 108 valence electrons. The number of hydrogen-bond donors (Lipinski definition) is 2. The lowest BCUT2D eigenvalue weighted by Gasteiger charge is -2.28. The highest BCUT2D eigenvalue weighted by Gasteiger charge is 2.34. The van der Waals surface area contributed by atoms with Crippen LogP contribution in [0.2, 0.25) is 0 Å². The Hall–Kier alpha value is -1.10. The number of aliphatic hydroxyl groups is 1. The van der Waals surface area contributed by atoms with Crippen LogP contribution >= 0.6 is 0 Å². The molecule has 19 heavy (non-hydrogen) atoms. The highest BCUT2D eigenvalue weighted by Crippen LogP contribution is 2.25. The van der Waals surface area contributed by atoms with E-state index >= 15 is 0 Å². The number of rotatable bonds is 4. The molecule has 2 rings (SSSR count). The summed E-state index contributed by atoms with van der Waals surface area (Å²) in [5.74, 6) is 0.336. The van der Waals surface area contributed by atoms with E-state index in [9.17, 15) is 9.59 Å². The SMILES string of the molecule is CCN1CC(C(=O)NC2CCC(CO)CC2)CC1=O. The highest BCUT2D eigenvalue weighted by molar-refractivity contribution is 5.89. The first-order valence-electron chi connectivity index (χ1n) is 7.33. The van der Waals surface area contributed by atoms with Crippen LogP contribution in [0.25, 0.3) is 0 Å². The highest BCUT2D eigenvalue weighted by atomic mass is 16.3. The number of hydrogen-bond acceptors (Lipinski definition) is 3. The minimum absolute atomic E-state index is 0.0248. The van der Waals surface area contributed by atoms with Crippen LogP contribution in [0.5, 0.6) is 0 Å². The van der Waals surface area contributed by atoms with Crippen molar-refractivity contribution in [2.24, 2.45) is 11.8 Å². The van der Waals surface area contributed by atoms with Crippen molar-refractivity contribution in [3.05, 3.63) is 0 Å². The van der Waals surface area contributed by atoms with Gasteiger partial charge in [-0.25, -0.2) is 0 Å². The first-order chi connectivity index (χ1) is 9.13. The number of nitrogens with zero attached hydrogens (tertiary/aromatic N) is 1. The third-order valence-electron chi connectivity index (χ3n) is 4.42. The summed E-state index contributed by atoms with van der Waals surface area (Å²) in [5, 5.41) is 12.2. The lowest BCUT2D eigenvalue weighted by molar-refractivity contribution is -0.129. The smallest absolute Gasteiger partial charge is 0.225 e. The van der Waals surface area contributed by atoms with Gasteiger partial charge in [0.1, 0.15) is 0 Å². The molecular weight excluding hydrogens is 244 g/mol. The van der Waals surface area contributed by atoms with Crippen LogP contribution in [0.3, 0.4) is 0 Å². The Morgan fingerprint density at radius 2 is 2.05 bits per heavy atom. The van der Waals surface area contributed by atoms with Gasteiger partial charge in [0.25, 0.3) is 0 Å². The topological polar surface area (TPSA) is 69.6 Å². The summed E-state index contributed by atoms with van der Waals surface area (Å²) in [4.78, 5) is 25.5. The molecule has 0 aromatic carbocycles. The Kier molecular flexibility index (Phi) is 4.80. The van der Waals surface area contributed by atoms with Crippen LogP contribution in [-0.2, 0) is 9.59 Å².